The summed E-state index contributed by atoms with van der Waals surface area (Å²) in [6, 6.07) is 11.2. The molecule has 144 valence electrons. The van der Waals surface area contributed by atoms with Crippen LogP contribution < -0.4 is 9.62 Å². The molecule has 1 aliphatic heterocycles. The summed E-state index contributed by atoms with van der Waals surface area (Å²) in [7, 11) is -2.04. The number of halogens is 1. The topological polar surface area (TPSA) is 75.7 Å². The van der Waals surface area contributed by atoms with Gasteiger partial charge in [0.05, 0.1) is 10.6 Å². The molecule has 0 fully saturated rings. The molecule has 1 amide bonds. The minimum absolute atomic E-state index is 0.173. The van der Waals surface area contributed by atoms with Gasteiger partial charge in [-0.3, -0.25) is 9.10 Å². The molecule has 0 unspecified atom stereocenters. The predicted molar refractivity (Wildman–Crippen MR) is 105 cm³/mol. The number of hydrogen-bond donors (Lipinski definition) is 1. The fourth-order valence-electron chi connectivity index (χ4n) is 3.02. The van der Waals surface area contributed by atoms with E-state index in [1.54, 1.807) is 37.4 Å². The van der Waals surface area contributed by atoms with E-state index in [9.17, 15) is 13.2 Å². The van der Waals surface area contributed by atoms with Crippen molar-refractivity contribution in [2.75, 3.05) is 31.1 Å². The average molecular weight is 409 g/mol. The number of nitrogens with one attached hydrogen (secondary N) is 1. The standard InChI is InChI=1S/C19H21ClN2O4S/c1-26-12-2-10-21-19(23)15-3-8-18-14(13-15)9-11-22(18)27(24,25)17-6-4-16(20)5-7-17/h3-8,13H,2,9-12H2,1H3,(H,21,23). The lowest BCUT2D eigenvalue weighted by atomic mass is 10.1. The van der Waals surface area contributed by atoms with Crippen LogP contribution in [0.4, 0.5) is 5.69 Å². The molecule has 1 N–H and O–H groups in total. The molecule has 1 aliphatic rings. The number of amides is 1. The van der Waals surface area contributed by atoms with Gasteiger partial charge in [0.25, 0.3) is 15.9 Å². The average Bonchev–Trinajstić information content (AvgIpc) is 3.09. The van der Waals surface area contributed by atoms with Crippen molar-refractivity contribution in [3.63, 3.8) is 0 Å². The van der Waals surface area contributed by atoms with Crippen molar-refractivity contribution in [1.82, 2.24) is 5.32 Å². The number of carbonyl (C=O) groups is 1. The molecule has 0 bridgehead atoms. The highest BCUT2D eigenvalue weighted by Gasteiger charge is 2.31. The van der Waals surface area contributed by atoms with Crippen molar-refractivity contribution in [3.8, 4) is 0 Å². The van der Waals surface area contributed by atoms with Crippen LogP contribution in [-0.4, -0.2) is 41.1 Å². The number of sulfonamides is 1. The van der Waals surface area contributed by atoms with Gasteiger partial charge in [0.1, 0.15) is 0 Å². The molecule has 3 rings (SSSR count). The van der Waals surface area contributed by atoms with E-state index in [2.05, 4.69) is 5.32 Å². The van der Waals surface area contributed by atoms with Crippen LogP contribution in [-0.2, 0) is 21.2 Å². The lowest BCUT2D eigenvalue weighted by molar-refractivity contribution is 0.0948. The van der Waals surface area contributed by atoms with Crippen molar-refractivity contribution in [2.24, 2.45) is 0 Å². The molecule has 0 atom stereocenters. The zero-order chi connectivity index (χ0) is 19.4. The summed E-state index contributed by atoms with van der Waals surface area (Å²) in [6.07, 6.45) is 1.30. The van der Waals surface area contributed by atoms with Gasteiger partial charge in [0.15, 0.2) is 0 Å². The van der Waals surface area contributed by atoms with Crippen molar-refractivity contribution in [3.05, 3.63) is 58.6 Å². The fraction of sp³-hybridized carbons (Fsp3) is 0.316. The van der Waals surface area contributed by atoms with E-state index < -0.39 is 10.0 Å². The molecular weight excluding hydrogens is 388 g/mol. The Kier molecular flexibility index (Phi) is 6.04. The van der Waals surface area contributed by atoms with Gasteiger partial charge in [-0.2, -0.15) is 0 Å². The van der Waals surface area contributed by atoms with E-state index in [0.717, 1.165) is 12.0 Å². The first kappa shape index (κ1) is 19.7. The van der Waals surface area contributed by atoms with Gasteiger partial charge in [-0.1, -0.05) is 11.6 Å². The van der Waals surface area contributed by atoms with Crippen molar-refractivity contribution >= 4 is 33.2 Å². The van der Waals surface area contributed by atoms with Crippen LogP contribution in [0.1, 0.15) is 22.3 Å². The second-order valence-electron chi connectivity index (χ2n) is 6.23. The zero-order valence-corrected chi connectivity index (χ0v) is 16.5. The predicted octanol–water partition coefficient (Wildman–Crippen LogP) is 2.86. The van der Waals surface area contributed by atoms with E-state index in [0.29, 0.717) is 42.4 Å². The molecule has 1 heterocycles. The molecule has 0 radical (unpaired) electrons. The van der Waals surface area contributed by atoms with Crippen molar-refractivity contribution in [1.29, 1.82) is 0 Å². The third kappa shape index (κ3) is 4.26. The molecular formula is C19H21ClN2O4S. The fourth-order valence-corrected chi connectivity index (χ4v) is 4.65. The van der Waals surface area contributed by atoms with Gasteiger partial charge in [-0.15, -0.1) is 0 Å². The Balaban J connectivity index is 1.78. The molecule has 6 nitrogen and oxygen atoms in total. The molecule has 0 aliphatic carbocycles. The third-order valence-corrected chi connectivity index (χ3v) is 6.49. The number of anilines is 1. The highest BCUT2D eigenvalue weighted by molar-refractivity contribution is 7.92. The van der Waals surface area contributed by atoms with Gasteiger partial charge in [0.2, 0.25) is 0 Å². The van der Waals surface area contributed by atoms with Gasteiger partial charge in [-0.25, -0.2) is 8.42 Å². The molecule has 0 spiro atoms. The Bertz CT molecular complexity index is 929. The molecule has 0 aromatic heterocycles. The maximum atomic E-state index is 12.9. The number of carbonyl (C=O) groups excluding carboxylic acids is 1. The molecule has 8 heteroatoms. The van der Waals surface area contributed by atoms with Gasteiger partial charge in [0, 0.05) is 37.4 Å². The van der Waals surface area contributed by atoms with Gasteiger partial charge in [-0.05, 0) is 60.9 Å². The molecule has 2 aromatic carbocycles. The monoisotopic (exact) mass is 408 g/mol. The summed E-state index contributed by atoms with van der Waals surface area (Å²) >= 11 is 5.85. The first-order chi connectivity index (χ1) is 12.9. The van der Waals surface area contributed by atoms with E-state index in [1.807, 2.05) is 0 Å². The lowest BCUT2D eigenvalue weighted by Crippen LogP contribution is -2.29. The molecule has 0 saturated heterocycles. The summed E-state index contributed by atoms with van der Waals surface area (Å²) in [5, 5.41) is 3.32. The molecule has 27 heavy (non-hydrogen) atoms. The van der Waals surface area contributed by atoms with E-state index in [4.69, 9.17) is 16.3 Å². The Morgan fingerprint density at radius 2 is 1.96 bits per heavy atom. The van der Waals surface area contributed by atoms with Crippen molar-refractivity contribution < 1.29 is 17.9 Å². The van der Waals surface area contributed by atoms with E-state index >= 15 is 0 Å². The van der Waals surface area contributed by atoms with Crippen LogP contribution in [0.5, 0.6) is 0 Å². The summed E-state index contributed by atoms with van der Waals surface area (Å²) in [6.45, 7) is 1.46. The largest absolute Gasteiger partial charge is 0.385 e. The van der Waals surface area contributed by atoms with Gasteiger partial charge >= 0.3 is 0 Å². The highest BCUT2D eigenvalue weighted by Crippen LogP contribution is 2.33. The number of ether oxygens (including phenoxy) is 1. The van der Waals surface area contributed by atoms with Crippen LogP contribution in [0.2, 0.25) is 5.02 Å². The number of rotatable bonds is 7. The second kappa shape index (κ2) is 8.29. The Morgan fingerprint density at radius 1 is 1.22 bits per heavy atom. The maximum Gasteiger partial charge on any atom is 0.264 e. The maximum absolute atomic E-state index is 12.9. The smallest absolute Gasteiger partial charge is 0.264 e. The Morgan fingerprint density at radius 3 is 2.67 bits per heavy atom. The van der Waals surface area contributed by atoms with Crippen LogP contribution in [0, 0.1) is 0 Å². The summed E-state index contributed by atoms with van der Waals surface area (Å²) < 4.78 is 32.2. The molecule has 0 saturated carbocycles. The minimum Gasteiger partial charge on any atom is -0.385 e. The highest BCUT2D eigenvalue weighted by atomic mass is 35.5. The SMILES string of the molecule is COCCCNC(=O)c1ccc2c(c1)CCN2S(=O)(=O)c1ccc(Cl)cc1. The van der Waals surface area contributed by atoms with E-state index in [-0.39, 0.29) is 10.8 Å². The number of hydrogen-bond acceptors (Lipinski definition) is 4. The lowest BCUT2D eigenvalue weighted by Gasteiger charge is -2.19. The minimum atomic E-state index is -3.66. The van der Waals surface area contributed by atoms with E-state index in [1.165, 1.54) is 16.4 Å². The van der Waals surface area contributed by atoms with Crippen LogP contribution >= 0.6 is 11.6 Å². The van der Waals surface area contributed by atoms with Crippen LogP contribution in [0.15, 0.2) is 47.4 Å². The van der Waals surface area contributed by atoms with Crippen LogP contribution in [0.25, 0.3) is 0 Å². The second-order valence-corrected chi connectivity index (χ2v) is 8.53. The third-order valence-electron chi connectivity index (χ3n) is 4.41. The van der Waals surface area contributed by atoms with Crippen molar-refractivity contribution in [2.45, 2.75) is 17.7 Å². The normalized spacial score (nSPS) is 13.5. The summed E-state index contributed by atoms with van der Waals surface area (Å²) in [4.78, 5) is 12.4. The quantitative estimate of drug-likeness (QED) is 0.715. The number of methoxy groups -OCH3 is 1. The van der Waals surface area contributed by atoms with Gasteiger partial charge < -0.3 is 10.1 Å². The number of fused-ring (bicyclic) bond motifs is 1. The summed E-state index contributed by atoms with van der Waals surface area (Å²) in [5.74, 6) is -0.173. The Labute approximate surface area is 164 Å². The van der Waals surface area contributed by atoms with Crippen LogP contribution in [0.3, 0.4) is 0 Å². The Hall–Kier alpha value is -2.09. The number of benzene rings is 2. The number of nitrogens with zero attached hydrogens (tertiary/aromatic N) is 1. The summed E-state index contributed by atoms with van der Waals surface area (Å²) in [5.41, 5.74) is 1.98. The molecule has 2 aromatic rings. The first-order valence-electron chi connectivity index (χ1n) is 8.62. The zero-order valence-electron chi connectivity index (χ0n) is 14.9. The first-order valence-corrected chi connectivity index (χ1v) is 10.4.